The molecule has 0 atom stereocenters. The second kappa shape index (κ2) is 4.60. The zero-order valence-electron chi connectivity index (χ0n) is 8.11. The summed E-state index contributed by atoms with van der Waals surface area (Å²) >= 11 is 0. The number of rotatable bonds is 3. The van der Waals surface area contributed by atoms with E-state index < -0.39 is 0 Å². The predicted molar refractivity (Wildman–Crippen MR) is 56.5 cm³/mol. The fourth-order valence-corrected chi connectivity index (χ4v) is 1.61. The van der Waals surface area contributed by atoms with Crippen molar-refractivity contribution in [2.45, 2.75) is 6.42 Å². The van der Waals surface area contributed by atoms with Crippen molar-refractivity contribution in [2.24, 2.45) is 5.73 Å². The van der Waals surface area contributed by atoms with Crippen molar-refractivity contribution in [2.75, 3.05) is 19.8 Å². The molecule has 1 fully saturated rings. The van der Waals surface area contributed by atoms with Crippen LogP contribution >= 0.6 is 0 Å². The molecule has 0 bridgehead atoms. The van der Waals surface area contributed by atoms with Crippen LogP contribution in [0.3, 0.4) is 0 Å². The molecule has 1 aliphatic heterocycles. The Morgan fingerprint density at radius 2 is 2.07 bits per heavy atom. The molecule has 0 aliphatic carbocycles. The van der Waals surface area contributed by atoms with E-state index in [0.717, 1.165) is 11.9 Å². The van der Waals surface area contributed by atoms with Crippen molar-refractivity contribution in [1.82, 2.24) is 0 Å². The van der Waals surface area contributed by atoms with Crippen molar-refractivity contribution in [3.8, 4) is 0 Å². The summed E-state index contributed by atoms with van der Waals surface area (Å²) < 4.78 is 10.8. The molecule has 1 aliphatic rings. The molecule has 1 heterocycles. The number of nitrogens with two attached hydrogens (primary N) is 1. The Morgan fingerprint density at radius 1 is 1.29 bits per heavy atom. The van der Waals surface area contributed by atoms with Crippen molar-refractivity contribution in [3.05, 3.63) is 29.8 Å². The van der Waals surface area contributed by atoms with Crippen molar-refractivity contribution in [1.29, 1.82) is 0 Å². The summed E-state index contributed by atoms with van der Waals surface area (Å²) in [6.45, 7) is 2.05. The third-order valence-electron chi connectivity index (χ3n) is 2.28. The number of hydrogen-bond donors (Lipinski definition) is 1. The normalized spacial score (nSPS) is 16.2. The monoisotopic (exact) mass is 191 g/mol. The molecular weight excluding hydrogens is 177 g/mol. The van der Waals surface area contributed by atoms with Gasteiger partial charge in [-0.2, -0.15) is 0 Å². The molecule has 14 heavy (non-hydrogen) atoms. The average Bonchev–Trinajstić information content (AvgIpc) is 2.71. The minimum atomic E-state index is -0.173. The molecule has 3 nitrogen and oxygen atoms in total. The van der Waals surface area contributed by atoms with Gasteiger partial charge in [-0.3, -0.25) is 0 Å². The largest absolute Gasteiger partial charge is 0.494 e. The Hall–Kier alpha value is -0.835. The van der Waals surface area contributed by atoms with Gasteiger partial charge in [0.15, 0.2) is 0 Å². The zero-order chi connectivity index (χ0) is 9.80. The van der Waals surface area contributed by atoms with Crippen LogP contribution in [0.15, 0.2) is 24.3 Å². The molecule has 0 saturated carbocycles. The van der Waals surface area contributed by atoms with E-state index >= 15 is 0 Å². The van der Waals surface area contributed by atoms with Gasteiger partial charge in [0.05, 0.1) is 13.2 Å². The van der Waals surface area contributed by atoms with Crippen molar-refractivity contribution < 1.29 is 9.31 Å². The van der Waals surface area contributed by atoms with E-state index in [-0.39, 0.29) is 7.12 Å². The molecule has 0 spiro atoms. The molecule has 1 saturated heterocycles. The van der Waals surface area contributed by atoms with Gasteiger partial charge in [0, 0.05) is 0 Å². The third kappa shape index (κ3) is 2.15. The zero-order valence-corrected chi connectivity index (χ0v) is 8.11. The maximum Gasteiger partial charge on any atom is 0.494 e. The van der Waals surface area contributed by atoms with Gasteiger partial charge < -0.3 is 15.0 Å². The van der Waals surface area contributed by atoms with Crippen LogP contribution in [0.4, 0.5) is 0 Å². The Kier molecular flexibility index (Phi) is 3.19. The van der Waals surface area contributed by atoms with Gasteiger partial charge in [0.1, 0.15) is 0 Å². The Balaban J connectivity index is 2.12. The molecule has 0 radical (unpaired) electrons. The highest BCUT2D eigenvalue weighted by Gasteiger charge is 2.25. The molecule has 1 aromatic carbocycles. The maximum atomic E-state index is 5.50. The Morgan fingerprint density at radius 3 is 2.79 bits per heavy atom. The van der Waals surface area contributed by atoms with E-state index in [1.807, 2.05) is 12.1 Å². The Labute approximate surface area is 84.3 Å². The summed E-state index contributed by atoms with van der Waals surface area (Å²) in [5.41, 5.74) is 7.83. The van der Waals surface area contributed by atoms with E-state index in [1.165, 1.54) is 5.56 Å². The molecule has 2 rings (SSSR count). The SMILES string of the molecule is NCCc1cccc(B2OCCO2)c1. The van der Waals surface area contributed by atoms with Gasteiger partial charge >= 0.3 is 7.12 Å². The summed E-state index contributed by atoms with van der Waals surface area (Å²) in [4.78, 5) is 0. The van der Waals surface area contributed by atoms with Crippen LogP contribution in [0.5, 0.6) is 0 Å². The number of hydrogen-bond acceptors (Lipinski definition) is 3. The van der Waals surface area contributed by atoms with Crippen LogP contribution in [0, 0.1) is 0 Å². The molecule has 1 aromatic rings. The van der Waals surface area contributed by atoms with Crippen molar-refractivity contribution in [3.63, 3.8) is 0 Å². The molecule has 2 N–H and O–H groups in total. The van der Waals surface area contributed by atoms with Crippen LogP contribution < -0.4 is 11.2 Å². The molecular formula is C10H14BNO2. The first kappa shape index (κ1) is 9.71. The quantitative estimate of drug-likeness (QED) is 0.680. The smallest absolute Gasteiger partial charge is 0.405 e. The molecule has 0 unspecified atom stereocenters. The second-order valence-corrected chi connectivity index (χ2v) is 3.36. The molecule has 74 valence electrons. The lowest BCUT2D eigenvalue weighted by Crippen LogP contribution is -2.31. The standard InChI is InChI=1S/C10H14BNO2/c12-5-4-9-2-1-3-10(8-9)11-13-6-7-14-11/h1-3,8H,4-7,12H2. The first-order valence-corrected chi connectivity index (χ1v) is 4.92. The van der Waals surface area contributed by atoms with Crippen LogP contribution in [0.25, 0.3) is 0 Å². The molecule has 0 aromatic heterocycles. The minimum absolute atomic E-state index is 0.173. The van der Waals surface area contributed by atoms with Gasteiger partial charge in [0.25, 0.3) is 0 Å². The first-order valence-electron chi connectivity index (χ1n) is 4.92. The van der Waals surface area contributed by atoms with Crippen LogP contribution in [0.1, 0.15) is 5.56 Å². The predicted octanol–water partition coefficient (Wildman–Crippen LogP) is -0.0702. The summed E-state index contributed by atoms with van der Waals surface area (Å²) in [5, 5.41) is 0. The van der Waals surface area contributed by atoms with Crippen LogP contribution in [-0.2, 0) is 15.7 Å². The fraction of sp³-hybridized carbons (Fsp3) is 0.400. The summed E-state index contributed by atoms with van der Waals surface area (Å²) in [6.07, 6.45) is 0.903. The Bertz CT molecular complexity index is 300. The highest BCUT2D eigenvalue weighted by atomic mass is 16.6. The average molecular weight is 191 g/mol. The molecule has 4 heteroatoms. The van der Waals surface area contributed by atoms with Crippen LogP contribution in [0.2, 0.25) is 0 Å². The van der Waals surface area contributed by atoms with Crippen LogP contribution in [-0.4, -0.2) is 26.9 Å². The van der Waals surface area contributed by atoms with Gasteiger partial charge in [-0.1, -0.05) is 24.3 Å². The lowest BCUT2D eigenvalue weighted by Gasteiger charge is -2.06. The summed E-state index contributed by atoms with van der Waals surface area (Å²) in [6, 6.07) is 8.22. The topological polar surface area (TPSA) is 44.5 Å². The van der Waals surface area contributed by atoms with Crippen molar-refractivity contribution >= 4 is 12.6 Å². The lowest BCUT2D eigenvalue weighted by molar-refractivity contribution is 0.365. The maximum absolute atomic E-state index is 5.50. The number of benzene rings is 1. The minimum Gasteiger partial charge on any atom is -0.405 e. The lowest BCUT2D eigenvalue weighted by atomic mass is 9.78. The van der Waals surface area contributed by atoms with E-state index in [9.17, 15) is 0 Å². The van der Waals surface area contributed by atoms with Gasteiger partial charge in [-0.25, -0.2) is 0 Å². The van der Waals surface area contributed by atoms with Gasteiger partial charge in [0.2, 0.25) is 0 Å². The first-order chi connectivity index (χ1) is 6.90. The van der Waals surface area contributed by atoms with E-state index in [2.05, 4.69) is 12.1 Å². The van der Waals surface area contributed by atoms with Gasteiger partial charge in [-0.15, -0.1) is 0 Å². The van der Waals surface area contributed by atoms with E-state index in [0.29, 0.717) is 19.8 Å². The summed E-state index contributed by atoms with van der Waals surface area (Å²) in [5.74, 6) is 0. The summed E-state index contributed by atoms with van der Waals surface area (Å²) in [7, 11) is -0.173. The highest BCUT2D eigenvalue weighted by Crippen LogP contribution is 2.03. The second-order valence-electron chi connectivity index (χ2n) is 3.36. The fourth-order valence-electron chi connectivity index (χ4n) is 1.61. The van der Waals surface area contributed by atoms with E-state index in [1.54, 1.807) is 0 Å². The molecule has 0 amide bonds. The highest BCUT2D eigenvalue weighted by molar-refractivity contribution is 6.61. The van der Waals surface area contributed by atoms with E-state index in [4.69, 9.17) is 15.0 Å². The third-order valence-corrected chi connectivity index (χ3v) is 2.28. The van der Waals surface area contributed by atoms with Gasteiger partial charge in [-0.05, 0) is 24.0 Å².